The van der Waals surface area contributed by atoms with Crippen molar-refractivity contribution in [2.45, 2.75) is 51.6 Å². The molecule has 3 aromatic carbocycles. The van der Waals surface area contributed by atoms with E-state index in [9.17, 15) is 9.59 Å². The summed E-state index contributed by atoms with van der Waals surface area (Å²) in [6.45, 7) is 12.4. The first-order chi connectivity index (χ1) is 26.7. The van der Waals surface area contributed by atoms with E-state index in [1.165, 1.54) is 25.9 Å². The summed E-state index contributed by atoms with van der Waals surface area (Å²) in [5.41, 5.74) is 6.23. The third kappa shape index (κ3) is 9.42. The average Bonchev–Trinajstić information content (AvgIpc) is 3.84. The first kappa shape index (κ1) is 39.6. The summed E-state index contributed by atoms with van der Waals surface area (Å²) in [6.07, 6.45) is 8.68. The smallest absolute Gasteiger partial charge is 0.272 e. The molecule has 2 aliphatic rings. The van der Waals surface area contributed by atoms with E-state index >= 15 is 0 Å². The van der Waals surface area contributed by atoms with Crippen molar-refractivity contribution >= 4 is 69.2 Å². The van der Waals surface area contributed by atoms with Crippen molar-refractivity contribution in [1.29, 1.82) is 0 Å². The van der Waals surface area contributed by atoms with Gasteiger partial charge in [0.2, 0.25) is 6.41 Å². The summed E-state index contributed by atoms with van der Waals surface area (Å²) in [6, 6.07) is 27.1. The Labute approximate surface area is 334 Å². The SMILES string of the molecule is C=CN(/C(=C(\C)c1ccccc1)c1c(C(=O)Nc2cccnc2N2CCC(NC=O)CC2)[nH]c2cc(Cl)ccc12)C(C)c1ccc(Cl)cc1.CN1CCCC1. The third-order valence-electron chi connectivity index (χ3n) is 10.5. The van der Waals surface area contributed by atoms with Crippen LogP contribution in [0.2, 0.25) is 10.0 Å². The lowest BCUT2D eigenvalue weighted by Gasteiger charge is -2.33. The first-order valence-corrected chi connectivity index (χ1v) is 19.6. The van der Waals surface area contributed by atoms with Crippen molar-refractivity contribution in [1.82, 2.24) is 25.1 Å². The number of benzene rings is 3. The van der Waals surface area contributed by atoms with Gasteiger partial charge in [-0.3, -0.25) is 9.59 Å². The van der Waals surface area contributed by atoms with Gasteiger partial charge in [0.15, 0.2) is 5.82 Å². The van der Waals surface area contributed by atoms with Crippen molar-refractivity contribution in [3.8, 4) is 0 Å². The fourth-order valence-corrected chi connectivity index (χ4v) is 7.72. The highest BCUT2D eigenvalue weighted by atomic mass is 35.5. The predicted molar refractivity (Wildman–Crippen MR) is 227 cm³/mol. The Hall–Kier alpha value is -5.09. The number of piperidine rings is 1. The van der Waals surface area contributed by atoms with E-state index in [0.717, 1.165) is 58.1 Å². The van der Waals surface area contributed by atoms with Crippen molar-refractivity contribution in [3.05, 3.63) is 136 Å². The van der Waals surface area contributed by atoms with Gasteiger partial charge < -0.3 is 30.3 Å². The zero-order chi connectivity index (χ0) is 38.9. The number of aromatic nitrogens is 2. The number of nitrogens with one attached hydrogen (secondary N) is 3. The number of pyridine rings is 1. The molecular weight excluding hydrogens is 729 g/mol. The van der Waals surface area contributed by atoms with Crippen LogP contribution >= 0.6 is 23.2 Å². The molecule has 1 atom stereocenters. The predicted octanol–water partition coefficient (Wildman–Crippen LogP) is 9.64. The number of hydrogen-bond acceptors (Lipinski definition) is 6. The standard InChI is InChI=1S/C39H38Cl2N6O2.C5H11N/c1-4-47(26(3)28-12-14-29(40)15-13-28)37(25(2)27-9-6-5-7-10-27)35-32-17-16-30(41)23-34(32)44-36(35)39(49)45-33-11-8-20-42-38(33)46-21-18-31(19-22-46)43-24-48;1-6-4-2-3-5-6/h4-17,20,23-24,26,31,44H,1,18-19,21-22H2,2-3H3,(H,43,48)(H,45,49);2-5H2,1H3/b37-25+;. The van der Waals surface area contributed by atoms with Crippen LogP contribution in [0.3, 0.4) is 0 Å². The van der Waals surface area contributed by atoms with Gasteiger partial charge >= 0.3 is 0 Å². The number of hydrogen-bond donors (Lipinski definition) is 3. The molecule has 0 aliphatic carbocycles. The second kappa shape index (κ2) is 18.5. The van der Waals surface area contributed by atoms with Crippen molar-refractivity contribution < 1.29 is 9.59 Å². The molecule has 0 saturated carbocycles. The first-order valence-electron chi connectivity index (χ1n) is 18.8. The van der Waals surface area contributed by atoms with Gasteiger partial charge in [-0.1, -0.05) is 78.3 Å². The number of carbonyl (C=O) groups is 2. The monoisotopic (exact) mass is 777 g/mol. The second-order valence-corrected chi connectivity index (χ2v) is 15.0. The van der Waals surface area contributed by atoms with E-state index in [4.69, 9.17) is 23.2 Å². The average molecular weight is 779 g/mol. The number of allylic oxidation sites excluding steroid dienone is 1. The highest BCUT2D eigenvalue weighted by Crippen LogP contribution is 2.41. The molecule has 9 nitrogen and oxygen atoms in total. The Kier molecular flexibility index (Phi) is 13.3. The van der Waals surface area contributed by atoms with Gasteiger partial charge in [-0.25, -0.2) is 4.98 Å². The molecule has 286 valence electrons. The largest absolute Gasteiger partial charge is 0.356 e. The number of halogens is 2. The lowest BCUT2D eigenvalue weighted by atomic mass is 9.95. The Bertz CT molecular complexity index is 2120. The van der Waals surface area contributed by atoms with Crippen molar-refractivity contribution in [3.63, 3.8) is 0 Å². The molecule has 2 saturated heterocycles. The van der Waals surface area contributed by atoms with E-state index in [2.05, 4.69) is 74.9 Å². The molecule has 0 bridgehead atoms. The van der Waals surface area contributed by atoms with Gasteiger partial charge in [-0.05, 0) is 119 Å². The van der Waals surface area contributed by atoms with Gasteiger partial charge in [-0.2, -0.15) is 0 Å². The molecule has 5 aromatic rings. The molecule has 0 radical (unpaired) electrons. The van der Waals surface area contributed by atoms with Crippen LogP contribution in [0.4, 0.5) is 11.5 Å². The molecule has 2 aromatic heterocycles. The lowest BCUT2D eigenvalue weighted by Crippen LogP contribution is -2.42. The quantitative estimate of drug-likeness (QED) is 0.116. The van der Waals surface area contributed by atoms with Crippen LogP contribution in [0, 0.1) is 0 Å². The number of fused-ring (bicyclic) bond motifs is 1. The van der Waals surface area contributed by atoms with Crippen LogP contribution in [0.25, 0.3) is 22.2 Å². The summed E-state index contributed by atoms with van der Waals surface area (Å²) in [5.74, 6) is 0.358. The molecule has 3 N–H and O–H groups in total. The minimum atomic E-state index is -0.324. The topological polar surface area (TPSA) is 96.6 Å². The maximum absolute atomic E-state index is 14.6. The minimum Gasteiger partial charge on any atom is -0.356 e. The van der Waals surface area contributed by atoms with Gasteiger partial charge in [0.05, 0.1) is 17.4 Å². The number of likely N-dealkylation sites (tertiary alicyclic amines) is 1. The van der Waals surface area contributed by atoms with Crippen molar-refractivity contribution in [2.24, 2.45) is 0 Å². The zero-order valence-electron chi connectivity index (χ0n) is 31.7. The molecule has 11 heteroatoms. The van der Waals surface area contributed by atoms with Gasteiger partial charge in [-0.15, -0.1) is 0 Å². The summed E-state index contributed by atoms with van der Waals surface area (Å²) >= 11 is 12.7. The van der Waals surface area contributed by atoms with Crippen LogP contribution < -0.4 is 15.5 Å². The second-order valence-electron chi connectivity index (χ2n) is 14.1. The number of amides is 2. The highest BCUT2D eigenvalue weighted by Gasteiger charge is 2.29. The fourth-order valence-electron chi connectivity index (χ4n) is 7.43. The maximum atomic E-state index is 14.6. The van der Waals surface area contributed by atoms with Gasteiger partial charge in [0, 0.05) is 51.8 Å². The molecule has 7 rings (SSSR count). The minimum absolute atomic E-state index is 0.123. The van der Waals surface area contributed by atoms with Crippen LogP contribution in [0.15, 0.2) is 104 Å². The normalized spacial score (nSPS) is 15.8. The fraction of sp³-hybridized carbons (Fsp3) is 0.295. The Balaban J connectivity index is 0.000000782. The van der Waals surface area contributed by atoms with E-state index < -0.39 is 0 Å². The van der Waals surface area contributed by atoms with Gasteiger partial charge in [0.1, 0.15) is 5.69 Å². The highest BCUT2D eigenvalue weighted by molar-refractivity contribution is 6.31. The number of anilines is 2. The summed E-state index contributed by atoms with van der Waals surface area (Å²) in [4.78, 5) is 40.2. The molecule has 55 heavy (non-hydrogen) atoms. The number of H-pyrrole nitrogens is 1. The van der Waals surface area contributed by atoms with E-state index in [1.807, 2.05) is 72.8 Å². The van der Waals surface area contributed by atoms with E-state index in [-0.39, 0.29) is 18.0 Å². The third-order valence-corrected chi connectivity index (χ3v) is 11.0. The summed E-state index contributed by atoms with van der Waals surface area (Å²) < 4.78 is 0. The molecule has 2 fully saturated rings. The summed E-state index contributed by atoms with van der Waals surface area (Å²) in [5, 5.41) is 8.10. The van der Waals surface area contributed by atoms with Crippen LogP contribution in [0.5, 0.6) is 0 Å². The van der Waals surface area contributed by atoms with Crippen LogP contribution in [-0.2, 0) is 4.79 Å². The molecule has 0 spiro atoms. The zero-order valence-corrected chi connectivity index (χ0v) is 33.2. The Morgan fingerprint density at radius 2 is 1.65 bits per heavy atom. The Morgan fingerprint density at radius 1 is 0.964 bits per heavy atom. The molecule has 2 aliphatic heterocycles. The van der Waals surface area contributed by atoms with Crippen LogP contribution in [0.1, 0.15) is 72.8 Å². The number of aromatic amines is 1. The molecule has 2 amide bonds. The van der Waals surface area contributed by atoms with Gasteiger partial charge in [0.25, 0.3) is 5.91 Å². The van der Waals surface area contributed by atoms with Crippen LogP contribution in [-0.4, -0.2) is 71.4 Å². The molecular formula is C44H49Cl2N7O2. The van der Waals surface area contributed by atoms with Crippen molar-refractivity contribution in [2.75, 3.05) is 43.4 Å². The van der Waals surface area contributed by atoms with E-state index in [1.54, 1.807) is 12.4 Å². The molecule has 4 heterocycles. The maximum Gasteiger partial charge on any atom is 0.272 e. The Morgan fingerprint density at radius 3 is 2.29 bits per heavy atom. The van der Waals surface area contributed by atoms with E-state index in [0.29, 0.717) is 40.3 Å². The number of rotatable bonds is 11. The number of carbonyl (C=O) groups excluding carboxylic acids is 2. The molecule has 1 unspecified atom stereocenters. The number of nitrogens with zero attached hydrogens (tertiary/aromatic N) is 4. The summed E-state index contributed by atoms with van der Waals surface area (Å²) in [7, 11) is 2.17. The lowest BCUT2D eigenvalue weighted by molar-refractivity contribution is -0.110.